The standard InChI is InChI=1S/C23H26FN3O4/c1-15-18(24)6-4-3-5-16(11-17-7-8-22(30-2)25-13-17)12-20(26-15)23(29)27-19-9-10-31-14-21(19)28/h3-8,12-13,19,21,28H,9-11,14H2,1-2H3,(H,27,29). The number of hydrogen-bond acceptors (Lipinski definition) is 6. The Morgan fingerprint density at radius 1 is 1.29 bits per heavy atom. The molecule has 1 aliphatic heterocycles. The highest BCUT2D eigenvalue weighted by atomic mass is 19.1. The number of nitrogens with one attached hydrogen (secondary N) is 1. The van der Waals surface area contributed by atoms with E-state index < -0.39 is 23.9 Å². The second kappa shape index (κ2) is 10.8. The lowest BCUT2D eigenvalue weighted by Gasteiger charge is -2.28. The first-order chi connectivity index (χ1) is 15.0. The zero-order valence-electron chi connectivity index (χ0n) is 17.5. The predicted molar refractivity (Wildman–Crippen MR) is 113 cm³/mol. The molecule has 1 aliphatic rings. The van der Waals surface area contributed by atoms with Gasteiger partial charge in [0.05, 0.1) is 31.6 Å². The number of rotatable bonds is 5. The number of hydrogen-bond donors (Lipinski definition) is 2. The Balaban J connectivity index is 1.96. The molecule has 0 saturated carbocycles. The van der Waals surface area contributed by atoms with Crippen molar-refractivity contribution >= 4 is 5.91 Å². The van der Waals surface area contributed by atoms with Gasteiger partial charge in [0.25, 0.3) is 5.91 Å². The lowest BCUT2D eigenvalue weighted by Crippen LogP contribution is -2.48. The highest BCUT2D eigenvalue weighted by molar-refractivity contribution is 5.92. The van der Waals surface area contributed by atoms with Crippen molar-refractivity contribution in [2.75, 3.05) is 20.3 Å². The van der Waals surface area contributed by atoms with Crippen molar-refractivity contribution in [3.05, 3.63) is 77.0 Å². The summed E-state index contributed by atoms with van der Waals surface area (Å²) in [5.74, 6) is -0.506. The van der Waals surface area contributed by atoms with Crippen molar-refractivity contribution in [1.82, 2.24) is 15.3 Å². The first kappa shape index (κ1) is 22.6. The van der Waals surface area contributed by atoms with Gasteiger partial charge in [-0.3, -0.25) is 4.79 Å². The topological polar surface area (TPSA) is 93.6 Å². The Hall–Kier alpha value is -3.10. The molecule has 2 aromatic rings. The third-order valence-electron chi connectivity index (χ3n) is 4.91. The maximum Gasteiger partial charge on any atom is 0.270 e. The number of nitrogens with zero attached hydrogens (tertiary/aromatic N) is 2. The number of halogens is 1. The van der Waals surface area contributed by atoms with Gasteiger partial charge in [0.2, 0.25) is 5.88 Å². The number of aliphatic hydroxyl groups is 1. The number of aliphatic hydroxyl groups excluding tert-OH is 1. The molecule has 31 heavy (non-hydrogen) atoms. The minimum atomic E-state index is -0.803. The minimum Gasteiger partial charge on any atom is -0.481 e. The molecule has 0 bridgehead atoms. The SMILES string of the molecule is COc1ccc(Cc2ccccc(F)c(C)nc(C(=O)NC3CCOCC3O)c2)cn1. The molecule has 8 heteroatoms. The van der Waals surface area contributed by atoms with Crippen molar-refractivity contribution in [1.29, 1.82) is 0 Å². The minimum absolute atomic E-state index is 0.0581. The van der Waals surface area contributed by atoms with Crippen LogP contribution < -0.4 is 10.1 Å². The Morgan fingerprint density at radius 3 is 2.81 bits per heavy atom. The quantitative estimate of drug-likeness (QED) is 0.762. The van der Waals surface area contributed by atoms with Crippen molar-refractivity contribution in [2.45, 2.75) is 31.9 Å². The first-order valence-electron chi connectivity index (χ1n) is 10.0. The Bertz CT molecular complexity index is 967. The molecule has 2 unspecified atom stereocenters. The van der Waals surface area contributed by atoms with E-state index in [4.69, 9.17) is 9.47 Å². The molecule has 0 aromatic carbocycles. The van der Waals surface area contributed by atoms with Gasteiger partial charge in [0.1, 0.15) is 11.5 Å². The maximum atomic E-state index is 14.2. The van der Waals surface area contributed by atoms with Gasteiger partial charge in [-0.2, -0.15) is 0 Å². The first-order valence-corrected chi connectivity index (χ1v) is 10.0. The highest BCUT2D eigenvalue weighted by Crippen LogP contribution is 2.13. The van der Waals surface area contributed by atoms with E-state index in [-0.39, 0.29) is 18.0 Å². The van der Waals surface area contributed by atoms with E-state index in [2.05, 4.69) is 15.3 Å². The third-order valence-corrected chi connectivity index (χ3v) is 4.91. The highest BCUT2D eigenvalue weighted by Gasteiger charge is 2.26. The van der Waals surface area contributed by atoms with Gasteiger partial charge < -0.3 is 19.9 Å². The molecule has 2 atom stereocenters. The van der Waals surface area contributed by atoms with E-state index in [0.29, 0.717) is 25.3 Å². The molecule has 1 fully saturated rings. The van der Waals surface area contributed by atoms with Crippen LogP contribution in [-0.4, -0.2) is 53.5 Å². The maximum absolute atomic E-state index is 14.2. The van der Waals surface area contributed by atoms with Gasteiger partial charge in [-0.15, -0.1) is 0 Å². The summed E-state index contributed by atoms with van der Waals surface area (Å²) in [5, 5.41) is 12.9. The molecule has 164 valence electrons. The van der Waals surface area contributed by atoms with Crippen LogP contribution >= 0.6 is 0 Å². The van der Waals surface area contributed by atoms with E-state index in [9.17, 15) is 14.3 Å². The summed E-state index contributed by atoms with van der Waals surface area (Å²) >= 11 is 0. The van der Waals surface area contributed by atoms with Gasteiger partial charge in [-0.1, -0.05) is 24.3 Å². The molecular formula is C23H26FN3O4. The Morgan fingerprint density at radius 2 is 2.10 bits per heavy atom. The van der Waals surface area contributed by atoms with E-state index in [1.807, 2.05) is 6.07 Å². The Kier molecular flexibility index (Phi) is 7.86. The lowest BCUT2D eigenvalue weighted by atomic mass is 10.1. The van der Waals surface area contributed by atoms with Crippen LogP contribution in [0.1, 0.15) is 33.7 Å². The van der Waals surface area contributed by atoms with Crippen LogP contribution in [0.15, 0.2) is 48.7 Å². The smallest absolute Gasteiger partial charge is 0.270 e. The number of methoxy groups -OCH3 is 1. The third kappa shape index (κ3) is 6.44. The van der Waals surface area contributed by atoms with Gasteiger partial charge in [0, 0.05) is 18.9 Å². The summed E-state index contributed by atoms with van der Waals surface area (Å²) in [6.45, 7) is 2.10. The van der Waals surface area contributed by atoms with E-state index in [1.54, 1.807) is 43.6 Å². The van der Waals surface area contributed by atoms with Crippen molar-refractivity contribution < 1.29 is 23.8 Å². The molecule has 0 aliphatic carbocycles. The normalized spacial score (nSPS) is 18.1. The van der Waals surface area contributed by atoms with Crippen molar-refractivity contribution in [3.8, 4) is 5.88 Å². The number of amides is 1. The fourth-order valence-corrected chi connectivity index (χ4v) is 3.16. The van der Waals surface area contributed by atoms with Crippen molar-refractivity contribution in [2.24, 2.45) is 0 Å². The number of carbonyl (C=O) groups is 1. The van der Waals surface area contributed by atoms with Crippen LogP contribution in [0.4, 0.5) is 4.39 Å². The molecule has 1 amide bonds. The molecule has 3 rings (SSSR count). The number of pyridine rings is 1. The number of aryl methyl sites for hydroxylation is 1. The number of carbonyl (C=O) groups excluding carboxylic acids is 1. The molecule has 1 saturated heterocycles. The predicted octanol–water partition coefficient (Wildman–Crippen LogP) is 2.53. The Labute approximate surface area is 180 Å². The molecule has 0 spiro atoms. The summed E-state index contributed by atoms with van der Waals surface area (Å²) in [7, 11) is 1.55. The average Bonchev–Trinajstić information content (AvgIpc) is 2.77. The molecular weight excluding hydrogens is 401 g/mol. The average molecular weight is 427 g/mol. The lowest BCUT2D eigenvalue weighted by molar-refractivity contribution is -0.0261. The zero-order valence-corrected chi connectivity index (χ0v) is 17.5. The molecule has 2 N–H and O–H groups in total. The second-order valence-corrected chi connectivity index (χ2v) is 7.26. The van der Waals surface area contributed by atoms with Crippen molar-refractivity contribution in [3.63, 3.8) is 0 Å². The van der Waals surface area contributed by atoms with Gasteiger partial charge >= 0.3 is 0 Å². The summed E-state index contributed by atoms with van der Waals surface area (Å²) in [6.07, 6.45) is 1.86. The van der Waals surface area contributed by atoms with E-state index >= 15 is 0 Å². The summed E-state index contributed by atoms with van der Waals surface area (Å²) in [6, 6.07) is 11.2. The van der Waals surface area contributed by atoms with E-state index in [0.717, 1.165) is 11.1 Å². The van der Waals surface area contributed by atoms with Crippen LogP contribution in [0.3, 0.4) is 0 Å². The molecule has 2 aromatic heterocycles. The second-order valence-electron chi connectivity index (χ2n) is 7.26. The number of aromatic nitrogens is 2. The fraction of sp³-hybridized carbons (Fsp3) is 0.348. The largest absolute Gasteiger partial charge is 0.481 e. The summed E-state index contributed by atoms with van der Waals surface area (Å²) in [4.78, 5) is 21.4. The van der Waals surface area contributed by atoms with Crippen LogP contribution in [0, 0.1) is 12.7 Å². The summed E-state index contributed by atoms with van der Waals surface area (Å²) < 4.78 is 24.5. The molecule has 7 nitrogen and oxygen atoms in total. The van der Waals surface area contributed by atoms with Gasteiger partial charge in [-0.05, 0) is 43.0 Å². The van der Waals surface area contributed by atoms with Gasteiger partial charge in [-0.25, -0.2) is 14.4 Å². The van der Waals surface area contributed by atoms with Crippen LogP contribution in [0.25, 0.3) is 0 Å². The number of ether oxygens (including phenoxy) is 2. The van der Waals surface area contributed by atoms with Crippen LogP contribution in [-0.2, 0) is 11.2 Å². The van der Waals surface area contributed by atoms with Crippen LogP contribution in [0.2, 0.25) is 0 Å². The molecule has 3 heterocycles. The fourth-order valence-electron chi connectivity index (χ4n) is 3.16. The van der Waals surface area contributed by atoms with E-state index in [1.165, 1.54) is 13.0 Å². The molecule has 0 radical (unpaired) electrons. The van der Waals surface area contributed by atoms with Gasteiger partial charge in [0.15, 0.2) is 0 Å². The van der Waals surface area contributed by atoms with Crippen LogP contribution in [0.5, 0.6) is 5.88 Å². The summed E-state index contributed by atoms with van der Waals surface area (Å²) in [5.41, 5.74) is 1.85. The monoisotopic (exact) mass is 427 g/mol. The zero-order chi connectivity index (χ0) is 22.2.